The van der Waals surface area contributed by atoms with Crippen LogP contribution in [0.3, 0.4) is 0 Å². The van der Waals surface area contributed by atoms with Gasteiger partial charge in [0.05, 0.1) is 17.8 Å². The first-order valence-corrected chi connectivity index (χ1v) is 8.31. The van der Waals surface area contributed by atoms with Crippen LogP contribution < -0.4 is 5.32 Å². The van der Waals surface area contributed by atoms with Gasteiger partial charge in [-0.1, -0.05) is 11.2 Å². The summed E-state index contributed by atoms with van der Waals surface area (Å²) in [6.45, 7) is 6.57. The first-order chi connectivity index (χ1) is 11.9. The Morgan fingerprint density at radius 1 is 1.32 bits per heavy atom. The van der Waals surface area contributed by atoms with Crippen LogP contribution in [0.1, 0.15) is 48.1 Å². The fourth-order valence-electron chi connectivity index (χ4n) is 3.38. The van der Waals surface area contributed by atoms with Crippen LogP contribution in [-0.2, 0) is 0 Å². The summed E-state index contributed by atoms with van der Waals surface area (Å²) in [6, 6.07) is 5.21. The zero-order chi connectivity index (χ0) is 18.1. The second-order valence-corrected chi connectivity index (χ2v) is 6.65. The van der Waals surface area contributed by atoms with Crippen molar-refractivity contribution in [2.24, 2.45) is 0 Å². The van der Waals surface area contributed by atoms with E-state index in [2.05, 4.69) is 15.4 Å². The van der Waals surface area contributed by atoms with Gasteiger partial charge in [-0.25, -0.2) is 8.78 Å². The SMILES string of the molecule is Cc1cc(C(=O)NC2CCN(C(C)C)C2c2ccc(F)c(F)c2)on1. The molecule has 2 atom stereocenters. The Labute approximate surface area is 145 Å². The van der Waals surface area contributed by atoms with E-state index >= 15 is 0 Å². The minimum Gasteiger partial charge on any atom is -0.351 e. The highest BCUT2D eigenvalue weighted by molar-refractivity contribution is 5.91. The van der Waals surface area contributed by atoms with Crippen LogP contribution in [0.25, 0.3) is 0 Å². The molecule has 0 radical (unpaired) electrons. The molecule has 1 aromatic carbocycles. The molecule has 0 spiro atoms. The predicted molar refractivity (Wildman–Crippen MR) is 88.1 cm³/mol. The minimum atomic E-state index is -0.885. The maximum atomic E-state index is 13.7. The summed E-state index contributed by atoms with van der Waals surface area (Å²) in [5, 5.41) is 6.66. The van der Waals surface area contributed by atoms with Gasteiger partial charge in [0.15, 0.2) is 11.6 Å². The molecule has 3 rings (SSSR count). The van der Waals surface area contributed by atoms with Gasteiger partial charge in [-0.2, -0.15) is 0 Å². The molecule has 1 amide bonds. The topological polar surface area (TPSA) is 58.4 Å². The highest BCUT2D eigenvalue weighted by Crippen LogP contribution is 2.34. The van der Waals surface area contributed by atoms with Crippen molar-refractivity contribution in [3.63, 3.8) is 0 Å². The number of benzene rings is 1. The van der Waals surface area contributed by atoms with E-state index in [1.807, 2.05) is 13.8 Å². The molecule has 134 valence electrons. The number of likely N-dealkylation sites (tertiary alicyclic amines) is 1. The van der Waals surface area contributed by atoms with E-state index in [4.69, 9.17) is 4.52 Å². The number of carbonyl (C=O) groups excluding carboxylic acids is 1. The number of nitrogens with zero attached hydrogens (tertiary/aromatic N) is 2. The van der Waals surface area contributed by atoms with E-state index in [-0.39, 0.29) is 29.8 Å². The fourth-order valence-corrected chi connectivity index (χ4v) is 3.38. The second kappa shape index (κ2) is 6.92. The summed E-state index contributed by atoms with van der Waals surface area (Å²) in [7, 11) is 0. The maximum Gasteiger partial charge on any atom is 0.290 e. The lowest BCUT2D eigenvalue weighted by Crippen LogP contribution is -2.41. The lowest BCUT2D eigenvalue weighted by Gasteiger charge is -2.31. The summed E-state index contributed by atoms with van der Waals surface area (Å²) >= 11 is 0. The first kappa shape index (κ1) is 17.5. The molecule has 0 aliphatic carbocycles. The Balaban J connectivity index is 1.86. The van der Waals surface area contributed by atoms with Crippen LogP contribution in [0.2, 0.25) is 0 Å². The standard InChI is InChI=1S/C18H21F2N3O2/c1-10(2)23-7-6-15(21-18(24)16-8-11(3)22-25-16)17(23)12-4-5-13(19)14(20)9-12/h4-5,8-10,15,17H,6-7H2,1-3H3,(H,21,24). The van der Waals surface area contributed by atoms with Crippen LogP contribution in [-0.4, -0.2) is 34.6 Å². The summed E-state index contributed by atoms with van der Waals surface area (Å²) in [6.07, 6.45) is 0.709. The van der Waals surface area contributed by atoms with Gasteiger partial charge in [0.1, 0.15) is 0 Å². The molecule has 2 aromatic rings. The average Bonchev–Trinajstić information content (AvgIpc) is 3.16. The van der Waals surface area contributed by atoms with E-state index in [1.165, 1.54) is 6.07 Å². The molecule has 0 bridgehead atoms. The first-order valence-electron chi connectivity index (χ1n) is 8.31. The summed E-state index contributed by atoms with van der Waals surface area (Å²) in [5.41, 5.74) is 1.27. The van der Waals surface area contributed by atoms with Crippen LogP contribution in [0, 0.1) is 18.6 Å². The molecular formula is C18H21F2N3O2. The number of aromatic nitrogens is 1. The van der Waals surface area contributed by atoms with Gasteiger partial charge in [-0.3, -0.25) is 9.69 Å². The normalized spacial score (nSPS) is 21.0. The largest absolute Gasteiger partial charge is 0.351 e. The van der Waals surface area contributed by atoms with Crippen molar-refractivity contribution in [3.8, 4) is 0 Å². The Morgan fingerprint density at radius 3 is 2.68 bits per heavy atom. The molecule has 1 aliphatic heterocycles. The highest BCUT2D eigenvalue weighted by Gasteiger charge is 2.38. The molecule has 2 heterocycles. The fraction of sp³-hybridized carbons (Fsp3) is 0.444. The lowest BCUT2D eigenvalue weighted by atomic mass is 9.99. The number of hydrogen-bond donors (Lipinski definition) is 1. The average molecular weight is 349 g/mol. The van der Waals surface area contributed by atoms with Crippen LogP contribution in [0.5, 0.6) is 0 Å². The van der Waals surface area contributed by atoms with Crippen molar-refractivity contribution in [2.45, 2.75) is 45.3 Å². The van der Waals surface area contributed by atoms with Crippen LogP contribution in [0.4, 0.5) is 8.78 Å². The zero-order valence-electron chi connectivity index (χ0n) is 14.4. The third-order valence-electron chi connectivity index (χ3n) is 4.55. The van der Waals surface area contributed by atoms with Crippen molar-refractivity contribution in [2.75, 3.05) is 6.54 Å². The Hall–Kier alpha value is -2.28. The molecule has 1 N–H and O–H groups in total. The molecule has 1 saturated heterocycles. The Morgan fingerprint density at radius 2 is 2.08 bits per heavy atom. The molecule has 7 heteroatoms. The molecule has 0 saturated carbocycles. The van der Waals surface area contributed by atoms with E-state index in [1.54, 1.807) is 19.1 Å². The number of amides is 1. The van der Waals surface area contributed by atoms with Crippen molar-refractivity contribution < 1.29 is 18.1 Å². The summed E-state index contributed by atoms with van der Waals surface area (Å²) < 4.78 is 32.0. The summed E-state index contributed by atoms with van der Waals surface area (Å²) in [5.74, 6) is -1.98. The minimum absolute atomic E-state index is 0.143. The molecule has 1 fully saturated rings. The van der Waals surface area contributed by atoms with E-state index < -0.39 is 11.6 Å². The maximum absolute atomic E-state index is 13.7. The predicted octanol–water partition coefficient (Wildman–Crippen LogP) is 3.22. The van der Waals surface area contributed by atoms with Crippen molar-refractivity contribution in [3.05, 3.63) is 52.9 Å². The van der Waals surface area contributed by atoms with Crippen molar-refractivity contribution >= 4 is 5.91 Å². The van der Waals surface area contributed by atoms with Gasteiger partial charge in [-0.05, 0) is 44.9 Å². The summed E-state index contributed by atoms with van der Waals surface area (Å²) in [4.78, 5) is 14.6. The van der Waals surface area contributed by atoms with Gasteiger partial charge in [0.2, 0.25) is 5.76 Å². The third-order valence-corrected chi connectivity index (χ3v) is 4.55. The van der Waals surface area contributed by atoms with Gasteiger partial charge < -0.3 is 9.84 Å². The molecule has 5 nitrogen and oxygen atoms in total. The Bertz CT molecular complexity index is 775. The Kier molecular flexibility index (Phi) is 4.85. The molecule has 25 heavy (non-hydrogen) atoms. The highest BCUT2D eigenvalue weighted by atomic mass is 19.2. The van der Waals surface area contributed by atoms with E-state index in [0.29, 0.717) is 17.7 Å². The van der Waals surface area contributed by atoms with Gasteiger partial charge >= 0.3 is 0 Å². The lowest BCUT2D eigenvalue weighted by molar-refractivity contribution is 0.0882. The van der Waals surface area contributed by atoms with E-state index in [9.17, 15) is 13.6 Å². The third kappa shape index (κ3) is 3.56. The van der Waals surface area contributed by atoms with Crippen LogP contribution >= 0.6 is 0 Å². The van der Waals surface area contributed by atoms with Crippen molar-refractivity contribution in [1.82, 2.24) is 15.4 Å². The number of aryl methyl sites for hydroxylation is 1. The number of rotatable bonds is 4. The second-order valence-electron chi connectivity index (χ2n) is 6.65. The van der Waals surface area contributed by atoms with Gasteiger partial charge in [-0.15, -0.1) is 0 Å². The zero-order valence-corrected chi connectivity index (χ0v) is 14.4. The number of carbonyl (C=O) groups is 1. The molecule has 1 aromatic heterocycles. The van der Waals surface area contributed by atoms with Gasteiger partial charge in [0, 0.05) is 18.7 Å². The van der Waals surface area contributed by atoms with Crippen molar-refractivity contribution in [1.29, 1.82) is 0 Å². The van der Waals surface area contributed by atoms with Crippen LogP contribution in [0.15, 0.2) is 28.8 Å². The quantitative estimate of drug-likeness (QED) is 0.921. The smallest absolute Gasteiger partial charge is 0.290 e. The number of nitrogens with one attached hydrogen (secondary N) is 1. The van der Waals surface area contributed by atoms with Gasteiger partial charge in [0.25, 0.3) is 5.91 Å². The number of hydrogen-bond acceptors (Lipinski definition) is 4. The number of halogens is 2. The van der Waals surface area contributed by atoms with E-state index in [0.717, 1.165) is 12.6 Å². The molecule has 2 unspecified atom stereocenters. The molecule has 1 aliphatic rings. The monoisotopic (exact) mass is 349 g/mol. The molecular weight excluding hydrogens is 328 g/mol.